The van der Waals surface area contributed by atoms with E-state index in [-0.39, 0.29) is 24.6 Å². The third-order valence-corrected chi connectivity index (χ3v) is 3.51. The molecule has 0 bridgehead atoms. The van der Waals surface area contributed by atoms with Crippen LogP contribution >= 0.6 is 0 Å². The first-order chi connectivity index (χ1) is 8.12. The summed E-state index contributed by atoms with van der Waals surface area (Å²) < 4.78 is 0. The summed E-state index contributed by atoms with van der Waals surface area (Å²) in [5, 5.41) is 15.4. The Bertz CT molecular complexity index is 258. The van der Waals surface area contributed by atoms with Gasteiger partial charge >= 0.3 is 0 Å². The van der Waals surface area contributed by atoms with Crippen molar-refractivity contribution in [2.24, 2.45) is 5.92 Å². The molecule has 1 rings (SSSR count). The molecular weight excluding hydrogens is 216 g/mol. The van der Waals surface area contributed by atoms with Gasteiger partial charge in [-0.25, -0.2) is 0 Å². The van der Waals surface area contributed by atoms with E-state index in [2.05, 4.69) is 24.1 Å². The fourth-order valence-corrected chi connectivity index (χ4v) is 2.27. The molecule has 0 heterocycles. The van der Waals surface area contributed by atoms with Gasteiger partial charge in [0.05, 0.1) is 18.7 Å². The van der Waals surface area contributed by atoms with Crippen molar-refractivity contribution in [1.82, 2.24) is 10.6 Å². The molecule has 0 aromatic heterocycles. The Morgan fingerprint density at radius 1 is 1.53 bits per heavy atom. The van der Waals surface area contributed by atoms with Crippen molar-refractivity contribution in [3.8, 4) is 0 Å². The van der Waals surface area contributed by atoms with Crippen molar-refractivity contribution < 1.29 is 9.90 Å². The summed E-state index contributed by atoms with van der Waals surface area (Å²) in [4.78, 5) is 11.7. The minimum absolute atomic E-state index is 0.0346. The van der Waals surface area contributed by atoms with E-state index in [4.69, 9.17) is 0 Å². The van der Waals surface area contributed by atoms with Crippen LogP contribution in [0.15, 0.2) is 12.7 Å². The number of carbonyl (C=O) groups is 1. The number of rotatable bonds is 6. The summed E-state index contributed by atoms with van der Waals surface area (Å²) in [5.74, 6) is 0.654. The Morgan fingerprint density at radius 2 is 2.18 bits per heavy atom. The van der Waals surface area contributed by atoms with Gasteiger partial charge in [-0.05, 0) is 31.6 Å². The lowest BCUT2D eigenvalue weighted by atomic mass is 9.77. The minimum Gasteiger partial charge on any atom is -0.394 e. The molecule has 0 aliphatic heterocycles. The van der Waals surface area contributed by atoms with Gasteiger partial charge in [-0.1, -0.05) is 13.0 Å². The van der Waals surface area contributed by atoms with Crippen molar-refractivity contribution in [3.05, 3.63) is 12.7 Å². The van der Waals surface area contributed by atoms with Crippen molar-refractivity contribution in [2.75, 3.05) is 19.7 Å². The van der Waals surface area contributed by atoms with Gasteiger partial charge in [0.1, 0.15) is 0 Å². The highest BCUT2D eigenvalue weighted by atomic mass is 16.3. The molecule has 4 heteroatoms. The van der Waals surface area contributed by atoms with Crippen LogP contribution in [0.2, 0.25) is 0 Å². The topological polar surface area (TPSA) is 61.4 Å². The van der Waals surface area contributed by atoms with E-state index < -0.39 is 0 Å². The fraction of sp³-hybridized carbons (Fsp3) is 0.769. The van der Waals surface area contributed by atoms with Crippen LogP contribution < -0.4 is 10.6 Å². The smallest absolute Gasteiger partial charge is 0.234 e. The lowest BCUT2D eigenvalue weighted by Gasteiger charge is -2.38. The number of hydrogen-bond donors (Lipinski definition) is 3. The van der Waals surface area contributed by atoms with Gasteiger partial charge in [-0.15, -0.1) is 6.58 Å². The Hall–Kier alpha value is -0.870. The van der Waals surface area contributed by atoms with Crippen LogP contribution in [0.4, 0.5) is 0 Å². The second-order valence-electron chi connectivity index (χ2n) is 5.09. The largest absolute Gasteiger partial charge is 0.394 e. The van der Waals surface area contributed by atoms with E-state index in [1.165, 1.54) is 0 Å². The summed E-state index contributed by atoms with van der Waals surface area (Å²) in [5.41, 5.74) is -0.389. The van der Waals surface area contributed by atoms with Gasteiger partial charge in [-0.2, -0.15) is 0 Å². The Balaban J connectivity index is 2.40. The predicted octanol–water partition coefficient (Wildman–Crippen LogP) is 0.819. The molecule has 17 heavy (non-hydrogen) atoms. The Labute approximate surface area is 103 Å². The van der Waals surface area contributed by atoms with Crippen molar-refractivity contribution in [2.45, 2.75) is 38.1 Å². The maximum absolute atomic E-state index is 11.7. The number of hydrogen-bond acceptors (Lipinski definition) is 3. The van der Waals surface area contributed by atoms with E-state index in [1.54, 1.807) is 6.08 Å². The lowest BCUT2D eigenvalue weighted by Crippen LogP contribution is -2.55. The van der Waals surface area contributed by atoms with Gasteiger partial charge in [0.15, 0.2) is 0 Å². The molecule has 0 saturated heterocycles. The van der Waals surface area contributed by atoms with Crippen molar-refractivity contribution in [3.63, 3.8) is 0 Å². The molecule has 0 radical (unpaired) electrons. The molecule has 1 amide bonds. The van der Waals surface area contributed by atoms with Crippen LogP contribution in [0, 0.1) is 5.92 Å². The van der Waals surface area contributed by atoms with E-state index >= 15 is 0 Å². The average molecular weight is 240 g/mol. The van der Waals surface area contributed by atoms with Crippen LogP contribution in [-0.4, -0.2) is 36.2 Å². The second kappa shape index (κ2) is 6.77. The van der Waals surface area contributed by atoms with Crippen molar-refractivity contribution >= 4 is 5.91 Å². The van der Waals surface area contributed by atoms with E-state index in [0.717, 1.165) is 25.7 Å². The molecule has 0 aromatic carbocycles. The monoisotopic (exact) mass is 240 g/mol. The molecular formula is C13H24N2O2. The minimum atomic E-state index is -0.389. The zero-order chi connectivity index (χ0) is 12.7. The first kappa shape index (κ1) is 14.2. The SMILES string of the molecule is C=CCNCC(=O)NC1(CO)CCC(C)CC1. The Morgan fingerprint density at radius 3 is 2.71 bits per heavy atom. The molecule has 0 unspecified atom stereocenters. The number of nitrogens with one attached hydrogen (secondary N) is 2. The standard InChI is InChI=1S/C13H24N2O2/c1-3-8-14-9-12(17)15-13(10-16)6-4-11(2)5-7-13/h3,11,14,16H,1,4-10H2,2H3,(H,15,17). The van der Waals surface area contributed by atoms with E-state index in [0.29, 0.717) is 12.5 Å². The third kappa shape index (κ3) is 4.48. The molecule has 4 nitrogen and oxygen atoms in total. The summed E-state index contributed by atoms with van der Waals surface area (Å²) >= 11 is 0. The van der Waals surface area contributed by atoms with Crippen LogP contribution in [0.5, 0.6) is 0 Å². The van der Waals surface area contributed by atoms with Crippen molar-refractivity contribution in [1.29, 1.82) is 0 Å². The number of aliphatic hydroxyl groups is 1. The molecule has 1 fully saturated rings. The second-order valence-corrected chi connectivity index (χ2v) is 5.09. The molecule has 98 valence electrons. The van der Waals surface area contributed by atoms with Gasteiger partial charge in [-0.3, -0.25) is 4.79 Å². The number of carbonyl (C=O) groups excluding carboxylic acids is 1. The lowest BCUT2D eigenvalue weighted by molar-refractivity contribution is -0.123. The van der Waals surface area contributed by atoms with Crippen LogP contribution in [-0.2, 0) is 4.79 Å². The maximum Gasteiger partial charge on any atom is 0.234 e. The highest BCUT2D eigenvalue weighted by molar-refractivity contribution is 5.78. The average Bonchev–Trinajstić information content (AvgIpc) is 2.33. The van der Waals surface area contributed by atoms with Gasteiger partial charge < -0.3 is 15.7 Å². The fourth-order valence-electron chi connectivity index (χ4n) is 2.27. The molecule has 1 aliphatic rings. The van der Waals surface area contributed by atoms with E-state index in [1.807, 2.05) is 0 Å². The molecule has 3 N–H and O–H groups in total. The first-order valence-corrected chi connectivity index (χ1v) is 6.35. The normalized spacial score (nSPS) is 28.7. The third-order valence-electron chi connectivity index (χ3n) is 3.51. The number of aliphatic hydroxyl groups excluding tert-OH is 1. The molecule has 0 spiro atoms. The number of amides is 1. The van der Waals surface area contributed by atoms with Gasteiger partial charge in [0, 0.05) is 6.54 Å². The van der Waals surface area contributed by atoms with Gasteiger partial charge in [0.25, 0.3) is 0 Å². The van der Waals surface area contributed by atoms with Gasteiger partial charge in [0.2, 0.25) is 5.91 Å². The predicted molar refractivity (Wildman–Crippen MR) is 68.7 cm³/mol. The summed E-state index contributed by atoms with van der Waals surface area (Å²) in [6.07, 6.45) is 5.61. The summed E-state index contributed by atoms with van der Waals surface area (Å²) in [6, 6.07) is 0. The molecule has 0 aromatic rings. The van der Waals surface area contributed by atoms with Crippen LogP contribution in [0.1, 0.15) is 32.6 Å². The summed E-state index contributed by atoms with van der Waals surface area (Å²) in [7, 11) is 0. The molecule has 1 aliphatic carbocycles. The maximum atomic E-state index is 11.7. The zero-order valence-corrected chi connectivity index (χ0v) is 10.7. The molecule has 1 saturated carbocycles. The molecule has 0 atom stereocenters. The Kier molecular flexibility index (Phi) is 5.65. The van der Waals surface area contributed by atoms with Crippen LogP contribution in [0.25, 0.3) is 0 Å². The summed E-state index contributed by atoms with van der Waals surface area (Å²) in [6.45, 7) is 6.73. The first-order valence-electron chi connectivity index (χ1n) is 6.35. The zero-order valence-electron chi connectivity index (χ0n) is 10.7. The quantitative estimate of drug-likeness (QED) is 0.476. The van der Waals surface area contributed by atoms with E-state index in [9.17, 15) is 9.90 Å². The van der Waals surface area contributed by atoms with Crippen LogP contribution in [0.3, 0.4) is 0 Å². The highest BCUT2D eigenvalue weighted by Gasteiger charge is 2.34. The highest BCUT2D eigenvalue weighted by Crippen LogP contribution is 2.31.